The monoisotopic (exact) mass is 1850 g/mol. The smallest absolute Gasteiger partial charge is 0.355 e. The normalized spacial score (nSPS) is 17.5. The Balaban J connectivity index is 0.000000140. The summed E-state index contributed by atoms with van der Waals surface area (Å²) in [6.45, 7) is 24.3. The van der Waals surface area contributed by atoms with Crippen molar-refractivity contribution in [1.82, 2.24) is 83.2 Å². The van der Waals surface area contributed by atoms with E-state index in [9.17, 15) is 56.2 Å². The van der Waals surface area contributed by atoms with E-state index in [0.29, 0.717) is 79.0 Å². The van der Waals surface area contributed by atoms with Gasteiger partial charge in [-0.05, 0) is 169 Å². The average Bonchev–Trinajstić information content (AvgIpc) is 1.38. The second kappa shape index (κ2) is 36.3. The molecule has 12 heterocycles. The highest BCUT2D eigenvalue weighted by molar-refractivity contribution is 7.90. The highest BCUT2D eigenvalue weighted by Crippen LogP contribution is 2.52. The van der Waals surface area contributed by atoms with Gasteiger partial charge in [-0.2, -0.15) is 34.9 Å². The number of phenols is 2. The van der Waals surface area contributed by atoms with Crippen LogP contribution in [0.2, 0.25) is 0 Å². The molecule has 9 aromatic heterocycles. The van der Waals surface area contributed by atoms with Crippen LogP contribution in [0, 0.1) is 41.8 Å². The second-order valence-corrected chi connectivity index (χ2v) is 36.7. The van der Waals surface area contributed by atoms with E-state index in [4.69, 9.17) is 9.47 Å². The number of carbonyl (C=O) groups is 3. The first-order chi connectivity index (χ1) is 64.1. The Morgan fingerprint density at radius 1 is 0.440 bits per heavy atom. The Labute approximate surface area is 763 Å². The predicted octanol–water partition coefficient (Wildman–Crippen LogP) is 12.6. The summed E-state index contributed by atoms with van der Waals surface area (Å²) in [4.78, 5) is 140. The first-order valence-corrected chi connectivity index (χ1v) is 45.8. The average molecular weight is 1850 g/mol. The molecule has 3 atom stereocenters. The fourth-order valence-electron chi connectivity index (χ4n) is 17.8. The topological polar surface area (TPSA) is 372 Å². The van der Waals surface area contributed by atoms with E-state index in [1.165, 1.54) is 102 Å². The molecule has 0 spiro atoms. The molecule has 4 saturated carbocycles. The number of aromatic hydroxyl groups is 2. The Hall–Kier alpha value is -14.4. The van der Waals surface area contributed by atoms with Crippen molar-refractivity contribution >= 4 is 78.1 Å². The van der Waals surface area contributed by atoms with Gasteiger partial charge in [0.05, 0.1) is 87.0 Å². The summed E-state index contributed by atoms with van der Waals surface area (Å²) in [6.07, 6.45) is 11.8. The van der Waals surface area contributed by atoms with Crippen LogP contribution in [0.5, 0.6) is 23.5 Å². The van der Waals surface area contributed by atoms with Gasteiger partial charge in [0.15, 0.2) is 43.4 Å². The van der Waals surface area contributed by atoms with Gasteiger partial charge in [-0.25, -0.2) is 82.8 Å². The number of piperazine rings is 3. The van der Waals surface area contributed by atoms with E-state index in [2.05, 4.69) is 74.6 Å². The van der Waals surface area contributed by atoms with Crippen LogP contribution in [0.1, 0.15) is 150 Å². The van der Waals surface area contributed by atoms with Gasteiger partial charge in [0.1, 0.15) is 69.3 Å². The standard InChI is InChI=1S/C32H31F2N7O4.C32H31F2N7O3.C31H32F2N6O5S/c1-4-23(43)39-12-13-40(16(2)15-39)29-19-14-21(34)27(24-20(33)6-5-7-22(24)42)35-30(19)41(32(44)38-29)28-25(17-8-9-17)36-31(45-3)37-26(28)18-10-11-18;1-4-24(42)39-13-14-40(17(2)16-39)29-21-15-23(34)27(20-7-5-6-8-22(20)33)35-30(21)41(32(43)38-29)28-25(18-9-10-18)36-31(44-3)37-26(28)19-11-12-19;1-7-24(41)37-11-12-38(18(5)15-37)29-19-14-21(33)27(25-20(32)9-8-10-22(25)40)35-30(19)39(31(42)36-29)28-17(4)13-23(45(6,43)44)34-26(28)16(2)3/h4-7,14,16-18,42H,1,8-13,15H2,2-3H3;4-8,15,17-19H,1,9-14,16H2,2-3H3;7-10,13-14,16,18,40H,1,11-12,15H2,2-6H3/t16-;17-;18-/m000/s1. The lowest BCUT2D eigenvalue weighted by molar-refractivity contribution is -0.127. The predicted molar refractivity (Wildman–Crippen MR) is 487 cm³/mol. The van der Waals surface area contributed by atoms with E-state index >= 15 is 17.6 Å². The molecule has 694 valence electrons. The van der Waals surface area contributed by atoms with E-state index in [1.54, 1.807) is 46.4 Å². The van der Waals surface area contributed by atoms with Crippen molar-refractivity contribution in [2.75, 3.05) is 94.1 Å². The van der Waals surface area contributed by atoms with Gasteiger partial charge >= 0.3 is 29.1 Å². The number of aromatic nitrogens is 14. The molecule has 19 rings (SSSR count). The number of pyridine rings is 4. The Bertz CT molecular complexity index is 7100. The Morgan fingerprint density at radius 3 is 1.07 bits per heavy atom. The van der Waals surface area contributed by atoms with Crippen LogP contribution < -0.4 is 41.2 Å². The summed E-state index contributed by atoms with van der Waals surface area (Å²) in [5.74, 6) is -6.29. The van der Waals surface area contributed by atoms with Gasteiger partial charge in [-0.15, -0.1) is 0 Å². The zero-order valence-corrected chi connectivity index (χ0v) is 75.5. The SMILES string of the molecule is C=CC(=O)N1CCN(c2nc(=O)n(-c3c(C)cc(S(C)(=O)=O)nc3C(C)C)c3nc(-c4c(O)cccc4F)c(F)cc23)[C@@H](C)C1.C=CC(=O)N1CCN(c2nc(=O)n(-c3c(C4CC4)nc(OC)nc3C3CC3)c3nc(-c4c(O)cccc4F)c(F)cc23)[C@@H](C)C1.C=CC(=O)N1CCN(c2nc(=O)n(-c3c(C4CC4)nc(OC)nc3C3CC3)c3nc(-c4ccccc4F)c(F)cc23)[C@@H](C)C1. The maximum absolute atomic E-state index is 16.0. The van der Waals surface area contributed by atoms with Crippen LogP contribution in [0.25, 0.3) is 83.9 Å². The molecule has 12 aromatic rings. The number of hydrogen-bond acceptors (Lipinski definition) is 26. The molecule has 4 aliphatic carbocycles. The molecule has 7 aliphatic rings. The number of fused-ring (bicyclic) bond motifs is 3. The molecular formula is C95H94F6N20O12S. The van der Waals surface area contributed by atoms with Crippen molar-refractivity contribution in [3.63, 3.8) is 0 Å². The van der Waals surface area contributed by atoms with Crippen molar-refractivity contribution in [2.45, 2.75) is 146 Å². The fourth-order valence-corrected chi connectivity index (χ4v) is 18.4. The van der Waals surface area contributed by atoms with Crippen molar-refractivity contribution in [2.24, 2.45) is 0 Å². The van der Waals surface area contributed by atoms with Crippen LogP contribution in [-0.4, -0.2) is 217 Å². The first kappa shape index (κ1) is 91.5. The van der Waals surface area contributed by atoms with Crippen molar-refractivity contribution in [3.8, 4) is 74.4 Å². The van der Waals surface area contributed by atoms with E-state index in [0.717, 1.165) is 80.4 Å². The zero-order valence-electron chi connectivity index (χ0n) is 74.7. The summed E-state index contributed by atoms with van der Waals surface area (Å²) in [5.41, 5.74) is 0.0818. The fraction of sp³-hybridized carbons (Fsp3) is 0.358. The van der Waals surface area contributed by atoms with Crippen molar-refractivity contribution in [3.05, 3.63) is 223 Å². The van der Waals surface area contributed by atoms with Crippen LogP contribution in [0.15, 0.2) is 142 Å². The maximum atomic E-state index is 16.0. The molecule has 0 bridgehead atoms. The zero-order chi connectivity index (χ0) is 95.2. The highest BCUT2D eigenvalue weighted by atomic mass is 32.2. The minimum atomic E-state index is -3.72. The van der Waals surface area contributed by atoms with Crippen molar-refractivity contribution < 1.29 is 68.8 Å². The minimum absolute atomic E-state index is 0.0232. The molecule has 0 radical (unpaired) electrons. The number of rotatable bonds is 20. The third-order valence-corrected chi connectivity index (χ3v) is 26.0. The lowest BCUT2D eigenvalue weighted by atomic mass is 10.0. The van der Waals surface area contributed by atoms with Crippen LogP contribution >= 0.6 is 0 Å². The minimum Gasteiger partial charge on any atom is -0.507 e. The van der Waals surface area contributed by atoms with Crippen LogP contribution in [0.3, 0.4) is 0 Å². The number of hydrogen-bond donors (Lipinski definition) is 2. The molecule has 7 fully saturated rings. The third kappa shape index (κ3) is 17.3. The van der Waals surface area contributed by atoms with E-state index in [-0.39, 0.29) is 175 Å². The number of anilines is 3. The van der Waals surface area contributed by atoms with Gasteiger partial charge in [0, 0.05) is 113 Å². The van der Waals surface area contributed by atoms with E-state index < -0.39 is 95.8 Å². The Morgan fingerprint density at radius 2 is 0.769 bits per heavy atom. The van der Waals surface area contributed by atoms with Crippen molar-refractivity contribution in [1.29, 1.82) is 0 Å². The molecule has 39 heteroatoms. The van der Waals surface area contributed by atoms with Crippen LogP contribution in [0.4, 0.5) is 43.8 Å². The molecule has 134 heavy (non-hydrogen) atoms. The van der Waals surface area contributed by atoms with Gasteiger partial charge in [0.25, 0.3) is 0 Å². The summed E-state index contributed by atoms with van der Waals surface area (Å²) in [5, 5.41) is 21.5. The number of halogens is 6. The van der Waals surface area contributed by atoms with Gasteiger partial charge in [-0.3, -0.25) is 14.4 Å². The lowest BCUT2D eigenvalue weighted by Crippen LogP contribution is -2.54. The second-order valence-electron chi connectivity index (χ2n) is 34.8. The highest BCUT2D eigenvalue weighted by Gasteiger charge is 2.43. The van der Waals surface area contributed by atoms with E-state index in [1.807, 2.05) is 30.6 Å². The largest absolute Gasteiger partial charge is 0.507 e. The molecule has 3 amide bonds. The number of sulfone groups is 1. The molecule has 3 aromatic carbocycles. The molecule has 3 aliphatic heterocycles. The summed E-state index contributed by atoms with van der Waals surface area (Å²) >= 11 is 0. The molecule has 2 N–H and O–H groups in total. The summed E-state index contributed by atoms with van der Waals surface area (Å²) in [6, 6.07) is 17.4. The van der Waals surface area contributed by atoms with Gasteiger partial charge < -0.3 is 49.1 Å². The third-order valence-electron chi connectivity index (χ3n) is 25.0. The van der Waals surface area contributed by atoms with Gasteiger partial charge in [-0.1, -0.05) is 57.8 Å². The lowest BCUT2D eigenvalue weighted by Gasteiger charge is -2.40. The number of phenolic OH excluding ortho intramolecular Hbond substituents is 2. The quantitative estimate of drug-likeness (QED) is 0.0528. The molecule has 3 saturated heterocycles. The molecule has 0 unspecified atom stereocenters. The Kier molecular flexibility index (Phi) is 24.8. The number of aryl methyl sites for hydroxylation is 1. The van der Waals surface area contributed by atoms with Crippen LogP contribution in [-0.2, 0) is 24.2 Å². The molecular weight excluding hydrogens is 1760 g/mol. The number of carbonyl (C=O) groups excluding carboxylic acids is 3. The maximum Gasteiger partial charge on any atom is 0.355 e. The number of amides is 3. The number of methoxy groups -OCH3 is 2. The summed E-state index contributed by atoms with van der Waals surface area (Å²) in [7, 11) is -0.724. The number of benzene rings is 3. The first-order valence-electron chi connectivity index (χ1n) is 43.9. The summed E-state index contributed by atoms with van der Waals surface area (Å²) < 4.78 is 132. The molecule has 32 nitrogen and oxygen atoms in total. The number of nitrogens with zero attached hydrogens (tertiary/aromatic N) is 20. The van der Waals surface area contributed by atoms with Gasteiger partial charge in [0.2, 0.25) is 17.7 Å². The number of ether oxygens (including phenoxy) is 2.